The van der Waals surface area contributed by atoms with Crippen molar-refractivity contribution in [3.8, 4) is 0 Å². The molecular weight excluding hydrogens is 506 g/mol. The molecule has 0 atom stereocenters. The number of guanidine groups is 1. The summed E-state index contributed by atoms with van der Waals surface area (Å²) in [6.07, 6.45) is 2.93. The molecule has 1 aliphatic rings. The second-order valence-electron chi connectivity index (χ2n) is 7.82. The molecule has 1 aliphatic heterocycles. The topological polar surface area (TPSA) is 52.8 Å². The Morgan fingerprint density at radius 1 is 1.13 bits per heavy atom. The number of fused-ring (bicyclic) bond motifs is 1. The number of aliphatic imine (C=N–C) groups is 1. The second-order valence-corrected chi connectivity index (χ2v) is 7.82. The van der Waals surface area contributed by atoms with E-state index in [1.807, 2.05) is 30.3 Å². The lowest BCUT2D eigenvalue weighted by Crippen LogP contribution is -2.48. The number of hydrogen-bond donors (Lipinski definition) is 2. The molecule has 0 bridgehead atoms. The zero-order valence-electron chi connectivity index (χ0n) is 17.8. The molecule has 1 fully saturated rings. The third-order valence-electron chi connectivity index (χ3n) is 5.61. The number of hydrogen-bond acceptors (Lipinski definition) is 3. The number of nitrogens with one attached hydrogen (secondary N) is 2. The van der Waals surface area contributed by atoms with Gasteiger partial charge in [0.15, 0.2) is 5.96 Å². The predicted octanol–water partition coefficient (Wildman–Crippen LogP) is 4.56. The summed E-state index contributed by atoms with van der Waals surface area (Å²) in [7, 11) is 1.81. The molecule has 31 heavy (non-hydrogen) atoms. The van der Waals surface area contributed by atoms with Gasteiger partial charge in [-0.25, -0.2) is 4.39 Å². The van der Waals surface area contributed by atoms with Crippen LogP contribution in [-0.4, -0.2) is 43.6 Å². The molecule has 1 aromatic heterocycles. The highest BCUT2D eigenvalue weighted by Crippen LogP contribution is 2.19. The summed E-state index contributed by atoms with van der Waals surface area (Å²) < 4.78 is 18.9. The van der Waals surface area contributed by atoms with Crippen LogP contribution in [0.15, 0.2) is 64.0 Å². The Morgan fingerprint density at radius 3 is 2.58 bits per heavy atom. The summed E-state index contributed by atoms with van der Waals surface area (Å²) in [6, 6.07) is 17.4. The monoisotopic (exact) mass is 536 g/mol. The van der Waals surface area contributed by atoms with Gasteiger partial charge in [-0.15, -0.1) is 24.0 Å². The van der Waals surface area contributed by atoms with Crippen LogP contribution in [0.2, 0.25) is 0 Å². The standard InChI is InChI=1S/C24H29FN4O.HI/c1-26-24(27-13-10-22-16-19-4-2-3-5-23(19)30-22)28-21-11-14-29(15-12-21)17-18-6-8-20(25)9-7-18;/h2-9,16,21H,10-15,17H2,1H3,(H2,26,27,28);1H. The number of furan rings is 1. The maximum absolute atomic E-state index is 13.1. The van der Waals surface area contributed by atoms with Crippen molar-refractivity contribution in [3.63, 3.8) is 0 Å². The first-order valence-electron chi connectivity index (χ1n) is 10.6. The third-order valence-corrected chi connectivity index (χ3v) is 5.61. The first-order valence-corrected chi connectivity index (χ1v) is 10.6. The summed E-state index contributed by atoms with van der Waals surface area (Å²) in [5, 5.41) is 8.08. The van der Waals surface area contributed by atoms with Gasteiger partial charge in [-0.05, 0) is 42.7 Å². The molecule has 0 amide bonds. The first-order chi connectivity index (χ1) is 14.7. The van der Waals surface area contributed by atoms with E-state index in [-0.39, 0.29) is 29.8 Å². The van der Waals surface area contributed by atoms with Crippen LogP contribution < -0.4 is 10.6 Å². The summed E-state index contributed by atoms with van der Waals surface area (Å²) in [6.45, 7) is 3.68. The van der Waals surface area contributed by atoms with E-state index in [2.05, 4.69) is 32.7 Å². The molecular formula is C24H30FIN4O. The first kappa shape index (κ1) is 23.5. The quantitative estimate of drug-likeness (QED) is 0.276. The Kier molecular flexibility index (Phi) is 8.71. The van der Waals surface area contributed by atoms with Crippen LogP contribution in [0.5, 0.6) is 0 Å². The Labute approximate surface area is 200 Å². The van der Waals surface area contributed by atoms with Crippen molar-refractivity contribution in [2.45, 2.75) is 31.8 Å². The van der Waals surface area contributed by atoms with Crippen molar-refractivity contribution in [2.24, 2.45) is 4.99 Å². The summed E-state index contributed by atoms with van der Waals surface area (Å²) >= 11 is 0. The maximum Gasteiger partial charge on any atom is 0.191 e. The van der Waals surface area contributed by atoms with Gasteiger partial charge in [-0.3, -0.25) is 9.89 Å². The average Bonchev–Trinajstić information content (AvgIpc) is 3.19. The van der Waals surface area contributed by atoms with E-state index >= 15 is 0 Å². The number of benzene rings is 2. The normalized spacial score (nSPS) is 15.6. The van der Waals surface area contributed by atoms with E-state index in [1.165, 1.54) is 12.1 Å². The van der Waals surface area contributed by atoms with Gasteiger partial charge in [-0.2, -0.15) is 0 Å². The molecule has 4 rings (SSSR count). The number of rotatable bonds is 6. The van der Waals surface area contributed by atoms with E-state index in [0.29, 0.717) is 6.04 Å². The van der Waals surface area contributed by atoms with Crippen LogP contribution >= 0.6 is 24.0 Å². The molecule has 166 valence electrons. The van der Waals surface area contributed by atoms with Crippen molar-refractivity contribution in [2.75, 3.05) is 26.7 Å². The second kappa shape index (κ2) is 11.5. The lowest BCUT2D eigenvalue weighted by molar-refractivity contribution is 0.198. The van der Waals surface area contributed by atoms with Crippen LogP contribution in [0.25, 0.3) is 11.0 Å². The van der Waals surface area contributed by atoms with Gasteiger partial charge in [0.1, 0.15) is 17.2 Å². The van der Waals surface area contributed by atoms with Gasteiger partial charge in [0, 0.05) is 51.1 Å². The number of para-hydroxylation sites is 1. The molecule has 2 N–H and O–H groups in total. The molecule has 0 radical (unpaired) electrons. The SMILES string of the molecule is CN=C(NCCc1cc2ccccc2o1)NC1CCN(Cc2ccc(F)cc2)CC1.I. The minimum Gasteiger partial charge on any atom is -0.461 e. The highest BCUT2D eigenvalue weighted by molar-refractivity contribution is 14.0. The fourth-order valence-corrected chi connectivity index (χ4v) is 3.94. The van der Waals surface area contributed by atoms with Gasteiger partial charge < -0.3 is 15.1 Å². The highest BCUT2D eigenvalue weighted by atomic mass is 127. The van der Waals surface area contributed by atoms with Crippen LogP contribution in [-0.2, 0) is 13.0 Å². The molecule has 3 aromatic rings. The van der Waals surface area contributed by atoms with E-state index in [1.54, 1.807) is 7.05 Å². The molecule has 0 unspecified atom stereocenters. The summed E-state index contributed by atoms with van der Waals surface area (Å²) in [5.74, 6) is 1.64. The molecule has 5 nitrogen and oxygen atoms in total. The number of piperidine rings is 1. The Balaban J connectivity index is 0.00000272. The van der Waals surface area contributed by atoms with Crippen molar-refractivity contribution in [1.29, 1.82) is 0 Å². The average molecular weight is 536 g/mol. The van der Waals surface area contributed by atoms with Crippen molar-refractivity contribution < 1.29 is 8.81 Å². The van der Waals surface area contributed by atoms with Crippen molar-refractivity contribution >= 4 is 40.9 Å². The minimum absolute atomic E-state index is 0. The Morgan fingerprint density at radius 2 is 1.87 bits per heavy atom. The zero-order valence-corrected chi connectivity index (χ0v) is 20.1. The number of halogens is 2. The molecule has 7 heteroatoms. The molecule has 0 saturated carbocycles. The number of likely N-dealkylation sites (tertiary alicyclic amines) is 1. The number of nitrogens with zero attached hydrogens (tertiary/aromatic N) is 2. The van der Waals surface area contributed by atoms with E-state index in [0.717, 1.165) is 73.7 Å². The van der Waals surface area contributed by atoms with E-state index < -0.39 is 0 Å². The van der Waals surface area contributed by atoms with Gasteiger partial charge in [-0.1, -0.05) is 30.3 Å². The highest BCUT2D eigenvalue weighted by Gasteiger charge is 2.20. The van der Waals surface area contributed by atoms with Crippen molar-refractivity contribution in [3.05, 3.63) is 71.7 Å². The molecule has 0 spiro atoms. The smallest absolute Gasteiger partial charge is 0.191 e. The Bertz CT molecular complexity index is 948. The molecule has 2 aromatic carbocycles. The van der Waals surface area contributed by atoms with Gasteiger partial charge in [0.2, 0.25) is 0 Å². The van der Waals surface area contributed by atoms with Crippen LogP contribution in [0.4, 0.5) is 4.39 Å². The van der Waals surface area contributed by atoms with Crippen LogP contribution in [0.1, 0.15) is 24.2 Å². The molecule has 2 heterocycles. The van der Waals surface area contributed by atoms with E-state index in [9.17, 15) is 4.39 Å². The summed E-state index contributed by atoms with van der Waals surface area (Å²) in [4.78, 5) is 6.79. The fourth-order valence-electron chi connectivity index (χ4n) is 3.94. The van der Waals surface area contributed by atoms with Gasteiger partial charge in [0.25, 0.3) is 0 Å². The lowest BCUT2D eigenvalue weighted by atomic mass is 10.0. The molecule has 0 aliphatic carbocycles. The lowest BCUT2D eigenvalue weighted by Gasteiger charge is -2.33. The zero-order chi connectivity index (χ0) is 20.8. The third kappa shape index (κ3) is 6.67. The summed E-state index contributed by atoms with van der Waals surface area (Å²) in [5.41, 5.74) is 2.09. The maximum atomic E-state index is 13.1. The Hall–Kier alpha value is -2.13. The van der Waals surface area contributed by atoms with Crippen molar-refractivity contribution in [1.82, 2.24) is 15.5 Å². The van der Waals surface area contributed by atoms with Gasteiger partial charge in [0.05, 0.1) is 0 Å². The van der Waals surface area contributed by atoms with E-state index in [4.69, 9.17) is 4.42 Å². The minimum atomic E-state index is -0.180. The fraction of sp³-hybridized carbons (Fsp3) is 0.375. The largest absolute Gasteiger partial charge is 0.461 e. The molecule has 1 saturated heterocycles. The van der Waals surface area contributed by atoms with Gasteiger partial charge >= 0.3 is 0 Å². The van der Waals surface area contributed by atoms with Crippen LogP contribution in [0.3, 0.4) is 0 Å². The predicted molar refractivity (Wildman–Crippen MR) is 135 cm³/mol. The van der Waals surface area contributed by atoms with Crippen LogP contribution in [0, 0.1) is 5.82 Å².